The summed E-state index contributed by atoms with van der Waals surface area (Å²) in [6.07, 6.45) is 12.6. The van der Waals surface area contributed by atoms with Crippen LogP contribution in [-0.2, 0) is 6.42 Å². The SMILES string of the molecule is c1ccc(-n2nc(C3CC3)nc2[C@@H](Cc2cnc[nH]2)n2cccc2)nc1. The number of aromatic nitrogens is 7. The zero-order chi connectivity index (χ0) is 17.3. The molecule has 1 aliphatic carbocycles. The quantitative estimate of drug-likeness (QED) is 0.583. The molecule has 130 valence electrons. The average molecular weight is 345 g/mol. The Morgan fingerprint density at radius 2 is 2.04 bits per heavy atom. The maximum absolute atomic E-state index is 4.94. The van der Waals surface area contributed by atoms with Gasteiger partial charge in [0, 0.05) is 42.8 Å². The largest absolute Gasteiger partial charge is 0.348 e. The molecule has 0 bridgehead atoms. The smallest absolute Gasteiger partial charge is 0.157 e. The third kappa shape index (κ3) is 2.81. The van der Waals surface area contributed by atoms with Crippen LogP contribution in [0.1, 0.15) is 42.1 Å². The fourth-order valence-corrected chi connectivity index (χ4v) is 3.21. The van der Waals surface area contributed by atoms with E-state index in [2.05, 4.69) is 31.9 Å². The third-order valence-electron chi connectivity index (χ3n) is 4.71. The maximum atomic E-state index is 4.94. The Morgan fingerprint density at radius 1 is 1.15 bits per heavy atom. The molecular weight excluding hydrogens is 326 g/mol. The second kappa shape index (κ2) is 6.25. The predicted molar refractivity (Wildman–Crippen MR) is 96.0 cm³/mol. The average Bonchev–Trinajstić information content (AvgIpc) is 3.12. The number of nitrogens with zero attached hydrogens (tertiary/aromatic N) is 6. The highest BCUT2D eigenvalue weighted by molar-refractivity contribution is 5.25. The summed E-state index contributed by atoms with van der Waals surface area (Å²) in [6, 6.07) is 9.93. The van der Waals surface area contributed by atoms with E-state index in [0.29, 0.717) is 5.92 Å². The van der Waals surface area contributed by atoms with Gasteiger partial charge < -0.3 is 9.55 Å². The van der Waals surface area contributed by atoms with Crippen LogP contribution < -0.4 is 0 Å². The normalized spacial score (nSPS) is 15.2. The van der Waals surface area contributed by atoms with Gasteiger partial charge >= 0.3 is 0 Å². The number of H-pyrrole nitrogens is 1. The van der Waals surface area contributed by atoms with E-state index in [0.717, 1.165) is 29.6 Å². The van der Waals surface area contributed by atoms with Gasteiger partial charge in [-0.1, -0.05) is 6.07 Å². The Bertz CT molecular complexity index is 967. The molecule has 26 heavy (non-hydrogen) atoms. The number of nitrogens with one attached hydrogen (secondary N) is 1. The molecule has 5 rings (SSSR count). The first kappa shape index (κ1) is 15.1. The van der Waals surface area contributed by atoms with E-state index in [1.54, 1.807) is 12.5 Å². The van der Waals surface area contributed by atoms with Gasteiger partial charge in [-0.15, -0.1) is 5.10 Å². The Morgan fingerprint density at radius 3 is 2.73 bits per heavy atom. The van der Waals surface area contributed by atoms with Crippen molar-refractivity contribution in [2.75, 3.05) is 0 Å². The minimum Gasteiger partial charge on any atom is -0.348 e. The van der Waals surface area contributed by atoms with Crippen molar-refractivity contribution >= 4 is 0 Å². The number of hydrogen-bond acceptors (Lipinski definition) is 4. The molecule has 1 saturated carbocycles. The van der Waals surface area contributed by atoms with Crippen molar-refractivity contribution in [3.8, 4) is 5.82 Å². The Balaban J connectivity index is 1.63. The van der Waals surface area contributed by atoms with E-state index in [4.69, 9.17) is 10.1 Å². The molecule has 0 saturated heterocycles. The second-order valence-electron chi connectivity index (χ2n) is 6.63. The molecule has 1 atom stereocenters. The number of aromatic amines is 1. The predicted octanol–water partition coefficient (Wildman–Crippen LogP) is 2.90. The van der Waals surface area contributed by atoms with Crippen LogP contribution in [0.4, 0.5) is 0 Å². The first-order valence-corrected chi connectivity index (χ1v) is 8.86. The first-order chi connectivity index (χ1) is 12.9. The lowest BCUT2D eigenvalue weighted by Crippen LogP contribution is -2.18. The van der Waals surface area contributed by atoms with E-state index in [9.17, 15) is 0 Å². The van der Waals surface area contributed by atoms with Crippen LogP contribution in [0, 0.1) is 0 Å². The lowest BCUT2D eigenvalue weighted by Gasteiger charge is -2.18. The van der Waals surface area contributed by atoms with Crippen molar-refractivity contribution in [2.45, 2.75) is 31.2 Å². The standard InChI is InChI=1S/C19H19N7/c1-2-8-21-17(5-1)26-19(23-18(24-26)14-6-7-14)16(25-9-3-4-10-25)11-15-12-20-13-22-15/h1-5,8-10,12-14,16H,6-7,11H2,(H,20,22)/t16-/m1/s1. The molecule has 0 radical (unpaired) electrons. The zero-order valence-corrected chi connectivity index (χ0v) is 14.2. The summed E-state index contributed by atoms with van der Waals surface area (Å²) in [5.74, 6) is 3.10. The van der Waals surface area contributed by atoms with E-state index >= 15 is 0 Å². The molecule has 4 heterocycles. The van der Waals surface area contributed by atoms with Crippen LogP contribution in [0.15, 0.2) is 61.4 Å². The molecule has 7 nitrogen and oxygen atoms in total. The second-order valence-corrected chi connectivity index (χ2v) is 6.63. The van der Waals surface area contributed by atoms with Crippen LogP contribution in [0.3, 0.4) is 0 Å². The highest BCUT2D eigenvalue weighted by Gasteiger charge is 2.31. The van der Waals surface area contributed by atoms with Gasteiger partial charge in [0.15, 0.2) is 17.5 Å². The van der Waals surface area contributed by atoms with Gasteiger partial charge in [-0.2, -0.15) is 4.68 Å². The molecule has 1 N–H and O–H groups in total. The number of rotatable bonds is 6. The summed E-state index contributed by atoms with van der Waals surface area (Å²) >= 11 is 0. The molecule has 4 aromatic heterocycles. The molecule has 1 fully saturated rings. The van der Waals surface area contributed by atoms with Crippen molar-refractivity contribution in [1.29, 1.82) is 0 Å². The van der Waals surface area contributed by atoms with Gasteiger partial charge in [0.1, 0.15) is 0 Å². The van der Waals surface area contributed by atoms with Crippen LogP contribution in [0.25, 0.3) is 5.82 Å². The summed E-state index contributed by atoms with van der Waals surface area (Å²) in [7, 11) is 0. The van der Waals surface area contributed by atoms with E-state index in [-0.39, 0.29) is 6.04 Å². The molecule has 0 unspecified atom stereocenters. The highest BCUT2D eigenvalue weighted by Crippen LogP contribution is 2.39. The fraction of sp³-hybridized carbons (Fsp3) is 0.263. The van der Waals surface area contributed by atoms with Crippen LogP contribution in [0.5, 0.6) is 0 Å². The lowest BCUT2D eigenvalue weighted by molar-refractivity contribution is 0.528. The van der Waals surface area contributed by atoms with Gasteiger partial charge in [-0.25, -0.2) is 15.0 Å². The van der Waals surface area contributed by atoms with E-state index in [1.807, 2.05) is 41.2 Å². The maximum Gasteiger partial charge on any atom is 0.157 e. The van der Waals surface area contributed by atoms with Gasteiger partial charge in [-0.05, 0) is 37.1 Å². The van der Waals surface area contributed by atoms with Crippen LogP contribution >= 0.6 is 0 Å². The summed E-state index contributed by atoms with van der Waals surface area (Å²) < 4.78 is 4.07. The topological polar surface area (TPSA) is 77.2 Å². The van der Waals surface area contributed by atoms with Crippen molar-refractivity contribution in [3.05, 3.63) is 78.8 Å². The lowest BCUT2D eigenvalue weighted by atomic mass is 10.1. The van der Waals surface area contributed by atoms with Crippen LogP contribution in [-0.4, -0.2) is 34.3 Å². The van der Waals surface area contributed by atoms with Gasteiger partial charge in [-0.3, -0.25) is 0 Å². The Hall–Kier alpha value is -3.22. The van der Waals surface area contributed by atoms with Crippen molar-refractivity contribution in [1.82, 2.24) is 34.3 Å². The summed E-state index contributed by atoms with van der Waals surface area (Å²) in [5.41, 5.74) is 1.06. The molecule has 0 aliphatic heterocycles. The monoisotopic (exact) mass is 345 g/mol. The molecule has 0 aromatic carbocycles. The molecule has 0 amide bonds. The van der Waals surface area contributed by atoms with Crippen molar-refractivity contribution in [2.24, 2.45) is 0 Å². The molecule has 1 aliphatic rings. The van der Waals surface area contributed by atoms with E-state index in [1.165, 1.54) is 12.8 Å². The van der Waals surface area contributed by atoms with Gasteiger partial charge in [0.05, 0.1) is 12.4 Å². The third-order valence-corrected chi connectivity index (χ3v) is 4.71. The zero-order valence-electron chi connectivity index (χ0n) is 14.2. The van der Waals surface area contributed by atoms with Crippen molar-refractivity contribution < 1.29 is 0 Å². The fourth-order valence-electron chi connectivity index (χ4n) is 3.21. The Kier molecular flexibility index (Phi) is 3.62. The molecule has 7 heteroatoms. The minimum atomic E-state index is 0.00690. The van der Waals surface area contributed by atoms with Gasteiger partial charge in [0.2, 0.25) is 0 Å². The number of hydrogen-bond donors (Lipinski definition) is 1. The Labute approximate surface area is 150 Å². The summed E-state index contributed by atoms with van der Waals surface area (Å²) in [5, 5.41) is 4.81. The van der Waals surface area contributed by atoms with Gasteiger partial charge in [0.25, 0.3) is 0 Å². The first-order valence-electron chi connectivity index (χ1n) is 8.86. The van der Waals surface area contributed by atoms with Crippen LogP contribution in [0.2, 0.25) is 0 Å². The van der Waals surface area contributed by atoms with Crippen molar-refractivity contribution in [3.63, 3.8) is 0 Å². The summed E-state index contributed by atoms with van der Waals surface area (Å²) in [4.78, 5) is 16.8. The number of pyridine rings is 1. The molecule has 0 spiro atoms. The highest BCUT2D eigenvalue weighted by atomic mass is 15.4. The molecular formula is C19H19N7. The van der Waals surface area contributed by atoms with E-state index < -0.39 is 0 Å². The molecule has 4 aromatic rings. The minimum absolute atomic E-state index is 0.00690. The summed E-state index contributed by atoms with van der Waals surface area (Å²) in [6.45, 7) is 0. The number of imidazole rings is 1.